The molecule has 0 aliphatic rings. The van der Waals surface area contributed by atoms with Crippen molar-refractivity contribution < 1.29 is 28.9 Å². The number of ether oxygens (including phenoxy) is 3. The van der Waals surface area contributed by atoms with Crippen molar-refractivity contribution in [1.29, 1.82) is 0 Å². The van der Waals surface area contributed by atoms with Crippen LogP contribution < -0.4 is 4.74 Å². The summed E-state index contributed by atoms with van der Waals surface area (Å²) < 4.78 is 15.4. The van der Waals surface area contributed by atoms with E-state index < -0.39 is 0 Å². The van der Waals surface area contributed by atoms with Gasteiger partial charge in [-0.1, -0.05) is 13.3 Å². The molecule has 0 unspecified atom stereocenters. The maximum absolute atomic E-state index is 11.5. The maximum atomic E-state index is 11.5. The van der Waals surface area contributed by atoms with E-state index in [2.05, 4.69) is 4.74 Å². The number of benzene rings is 1. The molecule has 1 rings (SSSR count). The zero-order valence-electron chi connectivity index (χ0n) is 13.9. The third-order valence-corrected chi connectivity index (χ3v) is 3.28. The van der Waals surface area contributed by atoms with Crippen molar-refractivity contribution in [3.05, 3.63) is 23.3 Å². The first kappa shape index (κ1) is 19.0. The lowest BCUT2D eigenvalue weighted by Crippen LogP contribution is -2.11. The van der Waals surface area contributed by atoms with Crippen molar-refractivity contribution in [1.82, 2.24) is 0 Å². The third kappa shape index (κ3) is 5.90. The van der Waals surface area contributed by atoms with Gasteiger partial charge in [0.25, 0.3) is 0 Å². The lowest BCUT2D eigenvalue weighted by molar-refractivity contribution is -0.141. The highest BCUT2D eigenvalue weighted by Gasteiger charge is 2.15. The molecule has 1 N–H and O–H groups in total. The van der Waals surface area contributed by atoms with Crippen LogP contribution in [-0.2, 0) is 20.7 Å². The van der Waals surface area contributed by atoms with Gasteiger partial charge in [-0.05, 0) is 25.5 Å². The van der Waals surface area contributed by atoms with Gasteiger partial charge in [0, 0.05) is 5.56 Å². The second-order valence-electron chi connectivity index (χ2n) is 5.03. The van der Waals surface area contributed by atoms with Gasteiger partial charge in [-0.3, -0.25) is 9.59 Å². The summed E-state index contributed by atoms with van der Waals surface area (Å²) in [6.45, 7) is 4.28. The zero-order chi connectivity index (χ0) is 17.2. The van der Waals surface area contributed by atoms with Crippen LogP contribution in [0.4, 0.5) is 0 Å². The molecule has 128 valence electrons. The molecule has 6 heteroatoms. The number of esters is 1. The van der Waals surface area contributed by atoms with E-state index >= 15 is 0 Å². The van der Waals surface area contributed by atoms with Crippen molar-refractivity contribution in [2.45, 2.75) is 33.1 Å². The van der Waals surface area contributed by atoms with E-state index in [4.69, 9.17) is 9.47 Å². The first-order chi connectivity index (χ1) is 11.0. The monoisotopic (exact) mass is 324 g/mol. The highest BCUT2D eigenvalue weighted by Crippen LogP contribution is 2.32. The van der Waals surface area contributed by atoms with Gasteiger partial charge in [0.2, 0.25) is 0 Å². The van der Waals surface area contributed by atoms with Crippen LogP contribution in [0, 0.1) is 0 Å². The largest absolute Gasteiger partial charge is 0.507 e. The van der Waals surface area contributed by atoms with Crippen LogP contribution in [0.15, 0.2) is 12.1 Å². The predicted octanol–water partition coefficient (Wildman–Crippen LogP) is 2.51. The number of carbonyl (C=O) groups excluding carboxylic acids is 2. The summed E-state index contributed by atoms with van der Waals surface area (Å²) >= 11 is 0. The number of Topliss-reactive ketones (excluding diaryl/α,β-unsaturated/α-hetero) is 1. The third-order valence-electron chi connectivity index (χ3n) is 3.28. The lowest BCUT2D eigenvalue weighted by Gasteiger charge is -2.14. The quantitative estimate of drug-likeness (QED) is 0.404. The van der Waals surface area contributed by atoms with E-state index in [-0.39, 0.29) is 37.1 Å². The molecule has 0 bridgehead atoms. The van der Waals surface area contributed by atoms with Crippen LogP contribution in [0.1, 0.15) is 42.6 Å². The standard InChI is InChI=1S/C17H24O6/c1-4-5-14-15(7-6-13(12(2)18)17(14)20)23-11-10-22-9-8-16(19)21-3/h6-7,20H,4-5,8-11H2,1-3H3. The van der Waals surface area contributed by atoms with Crippen LogP contribution in [0.25, 0.3) is 0 Å². The van der Waals surface area contributed by atoms with E-state index in [1.807, 2.05) is 6.92 Å². The van der Waals surface area contributed by atoms with Crippen LogP contribution >= 0.6 is 0 Å². The Bertz CT molecular complexity index is 538. The van der Waals surface area contributed by atoms with Crippen LogP contribution in [0.2, 0.25) is 0 Å². The van der Waals surface area contributed by atoms with Gasteiger partial charge >= 0.3 is 5.97 Å². The number of hydrogen-bond donors (Lipinski definition) is 1. The Balaban J connectivity index is 2.57. The van der Waals surface area contributed by atoms with E-state index in [9.17, 15) is 14.7 Å². The minimum atomic E-state index is -0.319. The Morgan fingerprint density at radius 1 is 1.17 bits per heavy atom. The van der Waals surface area contributed by atoms with E-state index in [0.29, 0.717) is 29.9 Å². The Morgan fingerprint density at radius 3 is 2.52 bits per heavy atom. The summed E-state index contributed by atoms with van der Waals surface area (Å²) in [7, 11) is 1.33. The highest BCUT2D eigenvalue weighted by molar-refractivity contribution is 5.97. The summed E-state index contributed by atoms with van der Waals surface area (Å²) in [5, 5.41) is 10.2. The number of ketones is 1. The number of carbonyl (C=O) groups is 2. The highest BCUT2D eigenvalue weighted by atomic mass is 16.5. The van der Waals surface area contributed by atoms with E-state index in [1.54, 1.807) is 12.1 Å². The average Bonchev–Trinajstić information content (AvgIpc) is 2.53. The second-order valence-corrected chi connectivity index (χ2v) is 5.03. The summed E-state index contributed by atoms with van der Waals surface area (Å²) in [6, 6.07) is 3.25. The molecule has 1 aromatic carbocycles. The summed E-state index contributed by atoms with van der Waals surface area (Å²) in [6.07, 6.45) is 1.64. The van der Waals surface area contributed by atoms with Crippen molar-refractivity contribution in [3.63, 3.8) is 0 Å². The lowest BCUT2D eigenvalue weighted by atomic mass is 10.0. The number of rotatable bonds is 10. The van der Waals surface area contributed by atoms with Gasteiger partial charge in [0.15, 0.2) is 5.78 Å². The molecule has 0 aromatic heterocycles. The number of methoxy groups -OCH3 is 1. The molecule has 0 saturated carbocycles. The molecule has 0 saturated heterocycles. The summed E-state index contributed by atoms with van der Waals surface area (Å²) in [5.74, 6) is 0.0350. The molecule has 1 aromatic rings. The molecule has 0 spiro atoms. The smallest absolute Gasteiger partial charge is 0.307 e. The van der Waals surface area contributed by atoms with Crippen molar-refractivity contribution >= 4 is 11.8 Å². The maximum Gasteiger partial charge on any atom is 0.307 e. The molecular weight excluding hydrogens is 300 g/mol. The predicted molar refractivity (Wildman–Crippen MR) is 85.1 cm³/mol. The second kappa shape index (κ2) is 9.84. The van der Waals surface area contributed by atoms with E-state index in [0.717, 1.165) is 6.42 Å². The van der Waals surface area contributed by atoms with Crippen molar-refractivity contribution in [2.75, 3.05) is 26.9 Å². The summed E-state index contributed by atoms with van der Waals surface area (Å²) in [4.78, 5) is 22.4. The molecule has 0 aliphatic carbocycles. The summed E-state index contributed by atoms with van der Waals surface area (Å²) in [5.41, 5.74) is 0.935. The fourth-order valence-electron chi connectivity index (χ4n) is 2.10. The van der Waals surface area contributed by atoms with Gasteiger partial charge in [-0.25, -0.2) is 0 Å². The van der Waals surface area contributed by atoms with Gasteiger partial charge < -0.3 is 19.3 Å². The Hall–Kier alpha value is -2.08. The topological polar surface area (TPSA) is 82.1 Å². The van der Waals surface area contributed by atoms with Gasteiger partial charge in [-0.15, -0.1) is 0 Å². The number of hydrogen-bond acceptors (Lipinski definition) is 6. The molecule has 0 aliphatic heterocycles. The SMILES string of the molecule is CCCc1c(OCCOCCC(=O)OC)ccc(C(C)=O)c1O. The van der Waals surface area contributed by atoms with Crippen molar-refractivity contribution in [3.8, 4) is 11.5 Å². The Kier molecular flexibility index (Phi) is 8.11. The Morgan fingerprint density at radius 2 is 1.91 bits per heavy atom. The molecular formula is C17H24O6. The van der Waals surface area contributed by atoms with Crippen LogP contribution in [0.3, 0.4) is 0 Å². The van der Waals surface area contributed by atoms with Gasteiger partial charge in [0.05, 0.1) is 32.3 Å². The minimum absolute atomic E-state index is 0.0107. The number of aromatic hydroxyl groups is 1. The van der Waals surface area contributed by atoms with Gasteiger partial charge in [-0.2, -0.15) is 0 Å². The first-order valence-electron chi connectivity index (χ1n) is 7.64. The van der Waals surface area contributed by atoms with Gasteiger partial charge in [0.1, 0.15) is 18.1 Å². The fraction of sp³-hybridized carbons (Fsp3) is 0.529. The fourth-order valence-corrected chi connectivity index (χ4v) is 2.10. The molecule has 6 nitrogen and oxygen atoms in total. The number of phenolic OH excluding ortho intramolecular Hbond substituents is 1. The molecule has 0 fully saturated rings. The molecule has 0 amide bonds. The van der Waals surface area contributed by atoms with Crippen LogP contribution in [-0.4, -0.2) is 43.8 Å². The minimum Gasteiger partial charge on any atom is -0.507 e. The normalized spacial score (nSPS) is 10.4. The molecule has 0 radical (unpaired) electrons. The van der Waals surface area contributed by atoms with Crippen LogP contribution in [0.5, 0.6) is 11.5 Å². The average molecular weight is 324 g/mol. The molecule has 0 heterocycles. The number of phenols is 1. The first-order valence-corrected chi connectivity index (χ1v) is 7.64. The molecule has 23 heavy (non-hydrogen) atoms. The Labute approximate surface area is 136 Å². The van der Waals surface area contributed by atoms with E-state index in [1.165, 1.54) is 14.0 Å². The molecule has 0 atom stereocenters. The van der Waals surface area contributed by atoms with Crippen molar-refractivity contribution in [2.24, 2.45) is 0 Å². The zero-order valence-corrected chi connectivity index (χ0v) is 13.9.